The number of hydrogen-bond acceptors (Lipinski definition) is 3. The molecule has 0 aliphatic carbocycles. The van der Waals surface area contributed by atoms with Crippen molar-refractivity contribution in [1.29, 1.82) is 0 Å². The Morgan fingerprint density at radius 2 is 2.32 bits per heavy atom. The minimum absolute atomic E-state index is 0.0240. The Morgan fingerprint density at radius 1 is 1.53 bits per heavy atom. The Hall–Kier alpha value is -2.04. The van der Waals surface area contributed by atoms with Crippen LogP contribution in [0.4, 0.5) is 4.79 Å². The van der Waals surface area contributed by atoms with Gasteiger partial charge in [0.25, 0.3) is 0 Å². The van der Waals surface area contributed by atoms with Crippen molar-refractivity contribution in [2.45, 2.75) is 32.4 Å². The highest BCUT2D eigenvalue weighted by atomic mass is 16.6. The number of amides is 1. The van der Waals surface area contributed by atoms with Crippen LogP contribution in [0.2, 0.25) is 0 Å². The van der Waals surface area contributed by atoms with Crippen molar-refractivity contribution in [3.05, 3.63) is 35.4 Å². The number of aliphatic carboxylic acids is 1. The lowest BCUT2D eigenvalue weighted by atomic mass is 10.1. The number of nitrogens with zero attached hydrogens (tertiary/aromatic N) is 1. The van der Waals surface area contributed by atoms with Gasteiger partial charge < -0.3 is 14.7 Å². The molecule has 19 heavy (non-hydrogen) atoms. The maximum Gasteiger partial charge on any atom is 0.410 e. The molecule has 5 heteroatoms. The second-order valence-electron chi connectivity index (χ2n) is 4.81. The molecule has 102 valence electrons. The number of ether oxygens (including phenoxy) is 1. The quantitative estimate of drug-likeness (QED) is 0.884. The Morgan fingerprint density at radius 3 is 3.00 bits per heavy atom. The predicted molar refractivity (Wildman–Crippen MR) is 68.7 cm³/mol. The second-order valence-corrected chi connectivity index (χ2v) is 4.81. The number of rotatable bonds is 5. The third-order valence-electron chi connectivity index (χ3n) is 3.09. The van der Waals surface area contributed by atoms with Crippen molar-refractivity contribution in [2.24, 2.45) is 0 Å². The van der Waals surface area contributed by atoms with Crippen LogP contribution in [0, 0.1) is 6.92 Å². The number of aryl methyl sites for hydroxylation is 1. The van der Waals surface area contributed by atoms with Crippen LogP contribution < -0.4 is 0 Å². The van der Waals surface area contributed by atoms with E-state index in [0.717, 1.165) is 11.1 Å². The van der Waals surface area contributed by atoms with E-state index in [9.17, 15) is 9.59 Å². The van der Waals surface area contributed by atoms with Gasteiger partial charge in [-0.15, -0.1) is 0 Å². The topological polar surface area (TPSA) is 66.8 Å². The van der Waals surface area contributed by atoms with Crippen molar-refractivity contribution in [3.8, 4) is 0 Å². The summed E-state index contributed by atoms with van der Waals surface area (Å²) < 4.78 is 5.15. The minimum Gasteiger partial charge on any atom is -0.481 e. The standard InChI is InChI=1S/C14H17NO4/c1-10-3-2-4-11(7-10)8-15-9-12(19-14(15)18)5-6-13(16)17/h2-4,7,12H,5-6,8-9H2,1H3,(H,16,17). The molecule has 0 bridgehead atoms. The summed E-state index contributed by atoms with van der Waals surface area (Å²) in [7, 11) is 0. The van der Waals surface area contributed by atoms with E-state index in [1.54, 1.807) is 4.90 Å². The molecule has 1 saturated heterocycles. The van der Waals surface area contributed by atoms with Gasteiger partial charge >= 0.3 is 12.1 Å². The third-order valence-corrected chi connectivity index (χ3v) is 3.09. The van der Waals surface area contributed by atoms with Gasteiger partial charge in [-0.05, 0) is 18.9 Å². The van der Waals surface area contributed by atoms with Crippen molar-refractivity contribution in [1.82, 2.24) is 4.90 Å². The third kappa shape index (κ3) is 3.71. The molecule has 0 radical (unpaired) electrons. The Balaban J connectivity index is 1.91. The minimum atomic E-state index is -0.867. The van der Waals surface area contributed by atoms with Gasteiger partial charge in [-0.3, -0.25) is 4.79 Å². The fourth-order valence-electron chi connectivity index (χ4n) is 2.17. The number of hydrogen-bond donors (Lipinski definition) is 1. The molecule has 1 heterocycles. The molecule has 5 nitrogen and oxygen atoms in total. The van der Waals surface area contributed by atoms with Crippen LogP contribution in [-0.4, -0.2) is 34.7 Å². The van der Waals surface area contributed by atoms with Crippen LogP contribution in [0.5, 0.6) is 0 Å². The highest BCUT2D eigenvalue weighted by Gasteiger charge is 2.31. The second kappa shape index (κ2) is 5.73. The maximum atomic E-state index is 11.7. The molecular formula is C14H17NO4. The van der Waals surface area contributed by atoms with Crippen LogP contribution in [-0.2, 0) is 16.1 Å². The largest absolute Gasteiger partial charge is 0.481 e. The summed E-state index contributed by atoms with van der Waals surface area (Å²) in [5.74, 6) is -0.867. The van der Waals surface area contributed by atoms with Crippen molar-refractivity contribution in [2.75, 3.05) is 6.54 Å². The Labute approximate surface area is 111 Å². The molecule has 0 aromatic heterocycles. The molecule has 0 saturated carbocycles. The predicted octanol–water partition coefficient (Wildman–Crippen LogP) is 2.18. The summed E-state index contributed by atoms with van der Waals surface area (Å²) in [5.41, 5.74) is 2.20. The van der Waals surface area contributed by atoms with E-state index in [2.05, 4.69) is 0 Å². The van der Waals surface area contributed by atoms with Crippen LogP contribution in [0.25, 0.3) is 0 Å². The lowest BCUT2D eigenvalue weighted by molar-refractivity contribution is -0.137. The van der Waals surface area contributed by atoms with Crippen LogP contribution in [0.15, 0.2) is 24.3 Å². The Bertz CT molecular complexity index is 486. The number of carbonyl (C=O) groups excluding carboxylic acids is 1. The zero-order valence-corrected chi connectivity index (χ0v) is 10.8. The fourth-order valence-corrected chi connectivity index (χ4v) is 2.17. The first-order valence-corrected chi connectivity index (χ1v) is 6.27. The molecule has 1 aromatic carbocycles. The highest BCUT2D eigenvalue weighted by molar-refractivity contribution is 5.70. The normalized spacial score (nSPS) is 18.5. The summed E-state index contributed by atoms with van der Waals surface area (Å²) in [4.78, 5) is 23.8. The van der Waals surface area contributed by atoms with Gasteiger partial charge in [-0.1, -0.05) is 29.8 Å². The van der Waals surface area contributed by atoms with Crippen LogP contribution in [0.3, 0.4) is 0 Å². The van der Waals surface area contributed by atoms with Crippen LogP contribution in [0.1, 0.15) is 24.0 Å². The van der Waals surface area contributed by atoms with Gasteiger partial charge in [0.1, 0.15) is 6.10 Å². The number of carboxylic acid groups (broad SMARTS) is 1. The van der Waals surface area contributed by atoms with Crippen molar-refractivity contribution >= 4 is 12.1 Å². The number of carboxylic acids is 1. The highest BCUT2D eigenvalue weighted by Crippen LogP contribution is 2.18. The van der Waals surface area contributed by atoms with Crippen LogP contribution >= 0.6 is 0 Å². The smallest absolute Gasteiger partial charge is 0.410 e. The average Bonchev–Trinajstić information content (AvgIpc) is 2.68. The van der Waals surface area contributed by atoms with Gasteiger partial charge in [0.15, 0.2) is 0 Å². The van der Waals surface area contributed by atoms with Gasteiger partial charge in [0.05, 0.1) is 6.54 Å². The monoisotopic (exact) mass is 263 g/mol. The maximum absolute atomic E-state index is 11.7. The molecule has 1 unspecified atom stereocenters. The number of cyclic esters (lactones) is 1. The molecule has 1 fully saturated rings. The van der Waals surface area contributed by atoms with E-state index in [1.165, 1.54) is 0 Å². The molecule has 1 amide bonds. The lowest BCUT2D eigenvalue weighted by Crippen LogP contribution is -2.24. The van der Waals surface area contributed by atoms with E-state index in [0.29, 0.717) is 19.5 Å². The summed E-state index contributed by atoms with van der Waals surface area (Å²) >= 11 is 0. The van der Waals surface area contributed by atoms with E-state index in [4.69, 9.17) is 9.84 Å². The molecular weight excluding hydrogens is 246 g/mol. The summed E-state index contributed by atoms with van der Waals surface area (Å²) in [6, 6.07) is 7.94. The molecule has 1 aliphatic heterocycles. The van der Waals surface area contributed by atoms with E-state index >= 15 is 0 Å². The van der Waals surface area contributed by atoms with Gasteiger partial charge in [0.2, 0.25) is 0 Å². The fraction of sp³-hybridized carbons (Fsp3) is 0.429. The zero-order valence-electron chi connectivity index (χ0n) is 10.8. The van der Waals surface area contributed by atoms with Gasteiger partial charge in [-0.2, -0.15) is 0 Å². The summed E-state index contributed by atoms with van der Waals surface area (Å²) in [6.07, 6.45) is -0.285. The average molecular weight is 263 g/mol. The van der Waals surface area contributed by atoms with Gasteiger partial charge in [-0.25, -0.2) is 4.79 Å². The zero-order chi connectivity index (χ0) is 13.8. The summed E-state index contributed by atoms with van der Waals surface area (Å²) in [6.45, 7) is 2.96. The molecule has 1 N–H and O–H groups in total. The summed E-state index contributed by atoms with van der Waals surface area (Å²) in [5, 5.41) is 8.62. The number of benzene rings is 1. The lowest BCUT2D eigenvalue weighted by Gasteiger charge is -2.13. The first-order chi connectivity index (χ1) is 9.04. The first kappa shape index (κ1) is 13.4. The number of carbonyl (C=O) groups is 2. The first-order valence-electron chi connectivity index (χ1n) is 6.27. The molecule has 1 aliphatic rings. The van der Waals surface area contributed by atoms with E-state index < -0.39 is 5.97 Å². The van der Waals surface area contributed by atoms with Crippen molar-refractivity contribution < 1.29 is 19.4 Å². The SMILES string of the molecule is Cc1cccc(CN2CC(CCC(=O)O)OC2=O)c1. The molecule has 0 spiro atoms. The Kier molecular flexibility index (Phi) is 4.04. The molecule has 1 atom stereocenters. The molecule has 2 rings (SSSR count). The van der Waals surface area contributed by atoms with Crippen molar-refractivity contribution in [3.63, 3.8) is 0 Å². The van der Waals surface area contributed by atoms with E-state index in [-0.39, 0.29) is 18.6 Å². The van der Waals surface area contributed by atoms with Gasteiger partial charge in [0, 0.05) is 13.0 Å². The molecule has 1 aromatic rings. The van der Waals surface area contributed by atoms with E-state index in [1.807, 2.05) is 31.2 Å².